The lowest BCUT2D eigenvalue weighted by molar-refractivity contribution is 0.0727. The number of aryl methyl sites for hydroxylation is 1. The summed E-state index contributed by atoms with van der Waals surface area (Å²) in [6.45, 7) is 3.30. The zero-order valence-corrected chi connectivity index (χ0v) is 16.1. The van der Waals surface area contributed by atoms with Crippen molar-refractivity contribution in [2.75, 3.05) is 18.0 Å². The zero-order valence-electron chi connectivity index (χ0n) is 15.3. The third-order valence-corrected chi connectivity index (χ3v) is 6.35. The Bertz CT molecular complexity index is 1000. The van der Waals surface area contributed by atoms with Crippen LogP contribution in [-0.4, -0.2) is 38.7 Å². The molecular weight excluding hydrogens is 358 g/mol. The Labute approximate surface area is 162 Å². The Balaban J connectivity index is 1.56. The number of nitrogens with zero attached hydrogens (tertiary/aromatic N) is 5. The second-order valence-corrected chi connectivity index (χ2v) is 8.22. The molecule has 0 unspecified atom stereocenters. The number of rotatable bonds is 2. The number of anilines is 1. The van der Waals surface area contributed by atoms with Crippen molar-refractivity contribution in [1.82, 2.24) is 19.7 Å². The van der Waals surface area contributed by atoms with Gasteiger partial charge in [0.1, 0.15) is 5.69 Å². The van der Waals surface area contributed by atoms with Crippen LogP contribution in [0.15, 0.2) is 36.5 Å². The van der Waals surface area contributed by atoms with E-state index in [1.165, 1.54) is 12.8 Å². The average Bonchev–Trinajstić information content (AvgIpc) is 3.40. The van der Waals surface area contributed by atoms with E-state index in [-0.39, 0.29) is 5.91 Å². The number of carbonyl (C=O) groups excluding carboxylic acids is 1. The number of carbonyl (C=O) groups is 1. The molecule has 6 nitrogen and oxygen atoms in total. The third-order valence-electron chi connectivity index (χ3n) is 5.25. The quantitative estimate of drug-likeness (QED) is 0.686. The number of benzene rings is 1. The minimum Gasteiger partial charge on any atom is -0.348 e. The first-order chi connectivity index (χ1) is 13.2. The van der Waals surface area contributed by atoms with Gasteiger partial charge in [-0.1, -0.05) is 35.6 Å². The summed E-state index contributed by atoms with van der Waals surface area (Å²) in [6, 6.07) is 10.1. The van der Waals surface area contributed by atoms with Gasteiger partial charge in [0.15, 0.2) is 5.13 Å². The maximum Gasteiger partial charge on any atom is 0.274 e. The van der Waals surface area contributed by atoms with Crippen molar-refractivity contribution in [3.63, 3.8) is 0 Å². The van der Waals surface area contributed by atoms with E-state index >= 15 is 0 Å². The van der Waals surface area contributed by atoms with Gasteiger partial charge in [0.2, 0.25) is 0 Å². The van der Waals surface area contributed by atoms with Gasteiger partial charge in [0, 0.05) is 38.4 Å². The lowest BCUT2D eigenvalue weighted by atomic mass is 10.1. The molecule has 2 aliphatic heterocycles. The van der Waals surface area contributed by atoms with Crippen LogP contribution in [0.4, 0.5) is 5.13 Å². The fraction of sp³-hybridized carbons (Fsp3) is 0.350. The maximum atomic E-state index is 13.1. The molecule has 138 valence electrons. The van der Waals surface area contributed by atoms with Crippen LogP contribution in [0.25, 0.3) is 11.3 Å². The first kappa shape index (κ1) is 16.5. The van der Waals surface area contributed by atoms with E-state index in [1.54, 1.807) is 22.1 Å². The molecule has 0 aliphatic carbocycles. The SMILES string of the molecule is Cn1ccc(C(=O)N2Cc3ccccc3-c3nc(N4CCCC4)sc3C2)n1. The Morgan fingerprint density at radius 1 is 1.11 bits per heavy atom. The van der Waals surface area contributed by atoms with Crippen LogP contribution < -0.4 is 4.90 Å². The predicted molar refractivity (Wildman–Crippen MR) is 106 cm³/mol. The highest BCUT2D eigenvalue weighted by Gasteiger charge is 2.28. The monoisotopic (exact) mass is 379 g/mol. The fourth-order valence-corrected chi connectivity index (χ4v) is 5.00. The smallest absolute Gasteiger partial charge is 0.274 e. The van der Waals surface area contributed by atoms with Gasteiger partial charge in [-0.15, -0.1) is 0 Å². The van der Waals surface area contributed by atoms with Crippen molar-refractivity contribution in [2.24, 2.45) is 7.05 Å². The first-order valence-corrected chi connectivity index (χ1v) is 10.1. The molecular formula is C20H21N5OS. The number of hydrogen-bond donors (Lipinski definition) is 0. The van der Waals surface area contributed by atoms with Crippen molar-refractivity contribution in [3.05, 3.63) is 52.7 Å². The van der Waals surface area contributed by atoms with Crippen LogP contribution in [0.3, 0.4) is 0 Å². The molecule has 0 spiro atoms. The summed E-state index contributed by atoms with van der Waals surface area (Å²) in [6.07, 6.45) is 4.26. The largest absolute Gasteiger partial charge is 0.348 e. The van der Waals surface area contributed by atoms with E-state index in [9.17, 15) is 4.79 Å². The molecule has 0 bridgehead atoms. The number of fused-ring (bicyclic) bond motifs is 3. The van der Waals surface area contributed by atoms with Gasteiger partial charge >= 0.3 is 0 Å². The normalized spacial score (nSPS) is 16.2. The lowest BCUT2D eigenvalue weighted by Gasteiger charge is -2.20. The predicted octanol–water partition coefficient (Wildman–Crippen LogP) is 3.30. The summed E-state index contributed by atoms with van der Waals surface area (Å²) >= 11 is 1.73. The van der Waals surface area contributed by atoms with Crippen LogP contribution in [0, 0.1) is 0 Å². The van der Waals surface area contributed by atoms with E-state index in [0.717, 1.165) is 39.9 Å². The third kappa shape index (κ3) is 2.92. The summed E-state index contributed by atoms with van der Waals surface area (Å²) in [5.41, 5.74) is 3.81. The van der Waals surface area contributed by atoms with Crippen molar-refractivity contribution in [3.8, 4) is 11.3 Å². The van der Waals surface area contributed by atoms with Crippen LogP contribution in [0.5, 0.6) is 0 Å². The highest BCUT2D eigenvalue weighted by molar-refractivity contribution is 7.16. The maximum absolute atomic E-state index is 13.1. The molecule has 3 aromatic rings. The second-order valence-electron chi connectivity index (χ2n) is 7.16. The topological polar surface area (TPSA) is 54.3 Å². The molecule has 7 heteroatoms. The summed E-state index contributed by atoms with van der Waals surface area (Å²) in [5, 5.41) is 5.38. The summed E-state index contributed by atoms with van der Waals surface area (Å²) in [5.74, 6) is -0.0330. The first-order valence-electron chi connectivity index (χ1n) is 9.31. The number of hydrogen-bond acceptors (Lipinski definition) is 5. The molecule has 1 fully saturated rings. The molecule has 0 atom stereocenters. The lowest BCUT2D eigenvalue weighted by Crippen LogP contribution is -2.29. The summed E-state index contributed by atoms with van der Waals surface area (Å²) in [4.78, 5) is 23.5. The van der Waals surface area contributed by atoms with Gasteiger partial charge in [-0.05, 0) is 24.5 Å². The second kappa shape index (κ2) is 6.49. The Morgan fingerprint density at radius 2 is 1.93 bits per heavy atom. The highest BCUT2D eigenvalue weighted by atomic mass is 32.1. The van der Waals surface area contributed by atoms with Gasteiger partial charge in [-0.2, -0.15) is 5.10 Å². The van der Waals surface area contributed by atoms with E-state index in [1.807, 2.05) is 30.3 Å². The molecule has 2 aromatic heterocycles. The van der Waals surface area contributed by atoms with E-state index in [4.69, 9.17) is 4.98 Å². The van der Waals surface area contributed by atoms with Crippen molar-refractivity contribution in [1.29, 1.82) is 0 Å². The van der Waals surface area contributed by atoms with Crippen LogP contribution in [-0.2, 0) is 20.1 Å². The van der Waals surface area contributed by atoms with Crippen molar-refractivity contribution >= 4 is 22.4 Å². The summed E-state index contributed by atoms with van der Waals surface area (Å²) in [7, 11) is 1.83. The fourth-order valence-electron chi connectivity index (χ4n) is 3.86. The standard InChI is InChI=1S/C20H21N5OS/c1-23-11-8-16(22-23)19(26)25-12-14-6-2-3-7-15(14)18-17(13-25)27-20(21-18)24-9-4-5-10-24/h2-3,6-8,11H,4-5,9-10,12-13H2,1H3. The van der Waals surface area contributed by atoms with Gasteiger partial charge in [0.05, 0.1) is 17.1 Å². The van der Waals surface area contributed by atoms with Crippen molar-refractivity contribution < 1.29 is 4.79 Å². The summed E-state index contributed by atoms with van der Waals surface area (Å²) < 4.78 is 1.67. The molecule has 0 N–H and O–H groups in total. The minimum absolute atomic E-state index is 0.0330. The average molecular weight is 379 g/mol. The molecule has 2 aliphatic rings. The number of amides is 1. The van der Waals surface area contributed by atoms with Crippen LogP contribution >= 0.6 is 11.3 Å². The Kier molecular flexibility index (Phi) is 3.97. The Morgan fingerprint density at radius 3 is 2.70 bits per heavy atom. The molecule has 5 rings (SSSR count). The van der Waals surface area contributed by atoms with E-state index in [2.05, 4.69) is 22.1 Å². The van der Waals surface area contributed by atoms with Gasteiger partial charge < -0.3 is 9.80 Å². The van der Waals surface area contributed by atoms with Crippen molar-refractivity contribution in [2.45, 2.75) is 25.9 Å². The molecule has 1 amide bonds. The number of aromatic nitrogens is 3. The van der Waals surface area contributed by atoms with Gasteiger partial charge in [-0.3, -0.25) is 9.48 Å². The van der Waals surface area contributed by atoms with Crippen LogP contribution in [0.2, 0.25) is 0 Å². The zero-order chi connectivity index (χ0) is 18.4. The minimum atomic E-state index is -0.0330. The van der Waals surface area contributed by atoms with Crippen LogP contribution in [0.1, 0.15) is 33.8 Å². The molecule has 27 heavy (non-hydrogen) atoms. The molecule has 0 saturated carbocycles. The molecule has 1 saturated heterocycles. The van der Waals surface area contributed by atoms with E-state index in [0.29, 0.717) is 18.8 Å². The van der Waals surface area contributed by atoms with E-state index < -0.39 is 0 Å². The molecule has 1 aromatic carbocycles. The van der Waals surface area contributed by atoms with Gasteiger partial charge in [-0.25, -0.2) is 4.98 Å². The molecule has 4 heterocycles. The molecule has 0 radical (unpaired) electrons. The van der Waals surface area contributed by atoms with Gasteiger partial charge in [0.25, 0.3) is 5.91 Å². The number of thiazole rings is 1. The Hall–Kier alpha value is -2.67. The highest BCUT2D eigenvalue weighted by Crippen LogP contribution is 2.39.